The predicted octanol–water partition coefficient (Wildman–Crippen LogP) is 2.65. The number of hydrogen-bond acceptors (Lipinski definition) is 2. The lowest BCUT2D eigenvalue weighted by Crippen LogP contribution is -2.44. The Hall–Kier alpha value is -1.98. The van der Waals surface area contributed by atoms with Crippen molar-refractivity contribution in [1.29, 1.82) is 0 Å². The zero-order chi connectivity index (χ0) is 15.5. The Morgan fingerprint density at radius 2 is 1.90 bits per heavy atom. The van der Waals surface area contributed by atoms with E-state index in [1.54, 1.807) is 13.8 Å². The standard InChI is InChI=1S/C14H17F2NO3/c1-8-4-5-9(15)11(12(8)16)13(20)17-14(2,3)7-6-10(18)19/h4-5H,6-7H2,1-3H3,(H,17,20)(H,18,19). The van der Waals surface area contributed by atoms with E-state index in [0.29, 0.717) is 0 Å². The van der Waals surface area contributed by atoms with Crippen molar-refractivity contribution < 1.29 is 23.5 Å². The third-order valence-electron chi connectivity index (χ3n) is 2.93. The van der Waals surface area contributed by atoms with E-state index in [-0.39, 0.29) is 18.4 Å². The Morgan fingerprint density at radius 1 is 1.30 bits per heavy atom. The summed E-state index contributed by atoms with van der Waals surface area (Å²) in [6.45, 7) is 4.63. The average Bonchev–Trinajstić information content (AvgIpc) is 2.31. The van der Waals surface area contributed by atoms with Gasteiger partial charge in [-0.2, -0.15) is 0 Å². The SMILES string of the molecule is Cc1ccc(F)c(C(=O)NC(C)(C)CCC(=O)O)c1F. The smallest absolute Gasteiger partial charge is 0.303 e. The molecule has 0 saturated heterocycles. The molecule has 0 heterocycles. The molecule has 0 aromatic heterocycles. The second-order valence-electron chi connectivity index (χ2n) is 5.29. The van der Waals surface area contributed by atoms with Crippen molar-refractivity contribution in [3.8, 4) is 0 Å². The number of amides is 1. The van der Waals surface area contributed by atoms with Gasteiger partial charge in [0, 0.05) is 12.0 Å². The van der Waals surface area contributed by atoms with Gasteiger partial charge in [-0.3, -0.25) is 9.59 Å². The summed E-state index contributed by atoms with van der Waals surface area (Å²) in [5.74, 6) is -3.74. The van der Waals surface area contributed by atoms with Crippen molar-refractivity contribution in [1.82, 2.24) is 5.32 Å². The Balaban J connectivity index is 2.91. The number of halogens is 2. The maximum atomic E-state index is 13.8. The summed E-state index contributed by atoms with van der Waals surface area (Å²) in [5.41, 5.74) is -1.36. The fourth-order valence-corrected chi connectivity index (χ4v) is 1.72. The molecule has 0 aliphatic rings. The largest absolute Gasteiger partial charge is 0.481 e. The summed E-state index contributed by atoms with van der Waals surface area (Å²) < 4.78 is 27.4. The zero-order valence-corrected chi connectivity index (χ0v) is 11.6. The van der Waals surface area contributed by atoms with E-state index >= 15 is 0 Å². The van der Waals surface area contributed by atoms with Crippen LogP contribution in [0.5, 0.6) is 0 Å². The zero-order valence-electron chi connectivity index (χ0n) is 11.6. The van der Waals surface area contributed by atoms with Crippen LogP contribution in [-0.2, 0) is 4.79 Å². The molecule has 110 valence electrons. The lowest BCUT2D eigenvalue weighted by molar-refractivity contribution is -0.137. The maximum Gasteiger partial charge on any atom is 0.303 e. The van der Waals surface area contributed by atoms with Crippen LogP contribution in [0.1, 0.15) is 42.6 Å². The molecule has 0 aliphatic heterocycles. The third kappa shape index (κ3) is 4.01. The number of carbonyl (C=O) groups is 2. The average molecular weight is 285 g/mol. The van der Waals surface area contributed by atoms with Crippen LogP contribution >= 0.6 is 0 Å². The number of carboxylic acid groups (broad SMARTS) is 1. The highest BCUT2D eigenvalue weighted by Crippen LogP contribution is 2.18. The molecule has 1 amide bonds. The molecule has 1 rings (SSSR count). The Bertz CT molecular complexity index is 541. The Labute approximate surface area is 115 Å². The first-order valence-corrected chi connectivity index (χ1v) is 6.13. The van der Waals surface area contributed by atoms with E-state index in [4.69, 9.17) is 5.11 Å². The van der Waals surface area contributed by atoms with Crippen LogP contribution in [0, 0.1) is 18.6 Å². The molecule has 6 heteroatoms. The molecule has 0 radical (unpaired) electrons. The fraction of sp³-hybridized carbons (Fsp3) is 0.429. The summed E-state index contributed by atoms with van der Waals surface area (Å²) in [4.78, 5) is 22.5. The molecule has 0 saturated carbocycles. The summed E-state index contributed by atoms with van der Waals surface area (Å²) in [5, 5.41) is 11.1. The normalized spacial score (nSPS) is 11.2. The molecular formula is C14H17F2NO3. The molecule has 0 bridgehead atoms. The van der Waals surface area contributed by atoms with Gasteiger partial charge < -0.3 is 10.4 Å². The number of benzene rings is 1. The summed E-state index contributed by atoms with van der Waals surface area (Å²) in [6.07, 6.45) is 0.00912. The summed E-state index contributed by atoms with van der Waals surface area (Å²) >= 11 is 0. The maximum absolute atomic E-state index is 13.8. The number of aryl methyl sites for hydroxylation is 1. The first kappa shape index (κ1) is 16.1. The molecule has 0 unspecified atom stereocenters. The number of rotatable bonds is 5. The van der Waals surface area contributed by atoms with Crippen molar-refractivity contribution in [2.24, 2.45) is 0 Å². The topological polar surface area (TPSA) is 66.4 Å². The van der Waals surface area contributed by atoms with Crippen LogP contribution in [0.3, 0.4) is 0 Å². The molecule has 2 N–H and O–H groups in total. The van der Waals surface area contributed by atoms with Crippen molar-refractivity contribution in [2.75, 3.05) is 0 Å². The molecule has 1 aromatic carbocycles. The first-order chi connectivity index (χ1) is 9.14. The van der Waals surface area contributed by atoms with Gasteiger partial charge in [0.2, 0.25) is 0 Å². The lowest BCUT2D eigenvalue weighted by atomic mass is 9.97. The highest BCUT2D eigenvalue weighted by atomic mass is 19.1. The van der Waals surface area contributed by atoms with Gasteiger partial charge in [-0.15, -0.1) is 0 Å². The monoisotopic (exact) mass is 285 g/mol. The molecular weight excluding hydrogens is 268 g/mol. The van der Waals surface area contributed by atoms with Crippen molar-refractivity contribution >= 4 is 11.9 Å². The third-order valence-corrected chi connectivity index (χ3v) is 2.93. The highest BCUT2D eigenvalue weighted by Gasteiger charge is 2.26. The van der Waals surface area contributed by atoms with E-state index in [0.717, 1.165) is 6.07 Å². The fourth-order valence-electron chi connectivity index (χ4n) is 1.72. The number of carbonyl (C=O) groups excluding carboxylic acids is 1. The summed E-state index contributed by atoms with van der Waals surface area (Å²) in [7, 11) is 0. The van der Waals surface area contributed by atoms with Crippen molar-refractivity contribution in [2.45, 2.75) is 39.2 Å². The molecule has 0 spiro atoms. The van der Waals surface area contributed by atoms with E-state index < -0.39 is 34.6 Å². The Kier molecular flexibility index (Phi) is 4.81. The summed E-state index contributed by atoms with van der Waals surface area (Å²) in [6, 6.07) is 2.27. The molecule has 0 atom stereocenters. The number of nitrogens with one attached hydrogen (secondary N) is 1. The van der Waals surface area contributed by atoms with E-state index in [9.17, 15) is 18.4 Å². The van der Waals surface area contributed by atoms with Crippen LogP contribution < -0.4 is 5.32 Å². The molecule has 0 fully saturated rings. The number of hydrogen-bond donors (Lipinski definition) is 2. The first-order valence-electron chi connectivity index (χ1n) is 6.13. The van der Waals surface area contributed by atoms with E-state index in [1.807, 2.05) is 0 Å². The van der Waals surface area contributed by atoms with Crippen molar-refractivity contribution in [3.63, 3.8) is 0 Å². The minimum atomic E-state index is -1.000. The van der Waals surface area contributed by atoms with Gasteiger partial charge in [-0.1, -0.05) is 6.07 Å². The number of aliphatic carboxylic acids is 1. The molecule has 20 heavy (non-hydrogen) atoms. The minimum absolute atomic E-state index is 0.147. The second-order valence-corrected chi connectivity index (χ2v) is 5.29. The van der Waals surface area contributed by atoms with Crippen LogP contribution in [-0.4, -0.2) is 22.5 Å². The molecule has 1 aromatic rings. The van der Waals surface area contributed by atoms with Crippen LogP contribution in [0.4, 0.5) is 8.78 Å². The van der Waals surface area contributed by atoms with Crippen molar-refractivity contribution in [3.05, 3.63) is 34.9 Å². The van der Waals surface area contributed by atoms with E-state index in [1.165, 1.54) is 13.0 Å². The van der Waals surface area contributed by atoms with Gasteiger partial charge in [0.25, 0.3) is 5.91 Å². The molecule has 4 nitrogen and oxygen atoms in total. The molecule has 0 aliphatic carbocycles. The van der Waals surface area contributed by atoms with Gasteiger partial charge in [0.05, 0.1) is 0 Å². The Morgan fingerprint density at radius 3 is 2.45 bits per heavy atom. The van der Waals surface area contributed by atoms with Crippen LogP contribution in [0.2, 0.25) is 0 Å². The van der Waals surface area contributed by atoms with Gasteiger partial charge in [0.1, 0.15) is 17.2 Å². The predicted molar refractivity (Wildman–Crippen MR) is 69.5 cm³/mol. The van der Waals surface area contributed by atoms with Gasteiger partial charge in [0.15, 0.2) is 0 Å². The number of carboxylic acids is 1. The van der Waals surface area contributed by atoms with Gasteiger partial charge in [-0.25, -0.2) is 8.78 Å². The van der Waals surface area contributed by atoms with Crippen LogP contribution in [0.15, 0.2) is 12.1 Å². The van der Waals surface area contributed by atoms with Gasteiger partial charge in [-0.05, 0) is 38.8 Å². The van der Waals surface area contributed by atoms with Gasteiger partial charge >= 0.3 is 5.97 Å². The quantitative estimate of drug-likeness (QED) is 0.874. The minimum Gasteiger partial charge on any atom is -0.481 e. The van der Waals surface area contributed by atoms with E-state index in [2.05, 4.69) is 5.32 Å². The lowest BCUT2D eigenvalue weighted by Gasteiger charge is -2.26. The second kappa shape index (κ2) is 5.98. The van der Waals surface area contributed by atoms with Crippen LogP contribution in [0.25, 0.3) is 0 Å². The highest BCUT2D eigenvalue weighted by molar-refractivity contribution is 5.95.